The molecular weight excluding hydrogens is 298 g/mol. The minimum atomic E-state index is -2.61. The second-order valence-electron chi connectivity index (χ2n) is 4.09. The summed E-state index contributed by atoms with van der Waals surface area (Å²) in [6, 6.07) is 9.52. The second-order valence-corrected chi connectivity index (χ2v) is 5.10. The molecular formula is C13H10F2N4OS. The lowest BCUT2D eigenvalue weighted by atomic mass is 10.1. The third-order valence-corrected chi connectivity index (χ3v) is 3.60. The van der Waals surface area contributed by atoms with Crippen LogP contribution in [0.2, 0.25) is 0 Å². The van der Waals surface area contributed by atoms with E-state index in [1.807, 2.05) is 30.3 Å². The van der Waals surface area contributed by atoms with Gasteiger partial charge >= 0.3 is 0 Å². The van der Waals surface area contributed by atoms with Crippen molar-refractivity contribution in [1.29, 1.82) is 0 Å². The van der Waals surface area contributed by atoms with Crippen molar-refractivity contribution >= 4 is 16.5 Å². The van der Waals surface area contributed by atoms with E-state index in [0.717, 1.165) is 16.9 Å². The summed E-state index contributed by atoms with van der Waals surface area (Å²) in [6.45, 7) is 0.318. The first-order valence-corrected chi connectivity index (χ1v) is 6.89. The van der Waals surface area contributed by atoms with Crippen molar-refractivity contribution in [3.63, 3.8) is 0 Å². The smallest absolute Gasteiger partial charge is 0.291 e. The highest BCUT2D eigenvalue weighted by atomic mass is 32.1. The molecule has 0 spiro atoms. The van der Waals surface area contributed by atoms with Crippen molar-refractivity contribution in [3.05, 3.63) is 47.4 Å². The van der Waals surface area contributed by atoms with Crippen LogP contribution in [0.15, 0.2) is 41.1 Å². The van der Waals surface area contributed by atoms with Crippen LogP contribution in [0.3, 0.4) is 0 Å². The van der Waals surface area contributed by atoms with E-state index in [1.165, 1.54) is 6.39 Å². The molecule has 1 N–H and O–H groups in total. The molecule has 108 valence electrons. The van der Waals surface area contributed by atoms with Gasteiger partial charge in [-0.3, -0.25) is 0 Å². The first kappa shape index (κ1) is 13.6. The molecule has 2 aromatic heterocycles. The van der Waals surface area contributed by atoms with E-state index in [-0.39, 0.29) is 5.01 Å². The number of benzene rings is 1. The molecule has 21 heavy (non-hydrogen) atoms. The number of hydrogen-bond acceptors (Lipinski definition) is 6. The van der Waals surface area contributed by atoms with Gasteiger partial charge in [0.15, 0.2) is 17.2 Å². The molecule has 0 radical (unpaired) electrons. The van der Waals surface area contributed by atoms with Gasteiger partial charge in [0.2, 0.25) is 5.13 Å². The maximum absolute atomic E-state index is 12.4. The average Bonchev–Trinajstić information content (AvgIpc) is 3.15. The van der Waals surface area contributed by atoms with Gasteiger partial charge in [-0.1, -0.05) is 41.7 Å². The molecule has 5 nitrogen and oxygen atoms in total. The molecule has 0 saturated heterocycles. The number of nitrogens with one attached hydrogen (secondary N) is 1. The summed E-state index contributed by atoms with van der Waals surface area (Å²) in [5, 5.41) is 10.0. The molecule has 0 saturated carbocycles. The minimum Gasteiger partial charge on any atom is -0.443 e. The van der Waals surface area contributed by atoms with Gasteiger partial charge in [-0.15, -0.1) is 10.2 Å². The van der Waals surface area contributed by atoms with Crippen LogP contribution in [0.4, 0.5) is 13.9 Å². The first-order valence-electron chi connectivity index (χ1n) is 6.07. The molecule has 0 unspecified atom stereocenters. The number of nitrogens with zero attached hydrogens (tertiary/aromatic N) is 3. The van der Waals surface area contributed by atoms with Gasteiger partial charge in [0.05, 0.1) is 6.54 Å². The normalized spacial score (nSPS) is 11.0. The van der Waals surface area contributed by atoms with Gasteiger partial charge < -0.3 is 9.73 Å². The summed E-state index contributed by atoms with van der Waals surface area (Å²) in [6.07, 6.45) is -1.26. The maximum Gasteiger partial charge on any atom is 0.291 e. The molecule has 3 rings (SSSR count). The van der Waals surface area contributed by atoms with E-state index in [2.05, 4.69) is 20.5 Å². The number of anilines is 1. The fraction of sp³-hybridized carbons (Fsp3) is 0.154. The Hall–Kier alpha value is -2.35. The zero-order chi connectivity index (χ0) is 14.7. The van der Waals surface area contributed by atoms with Crippen molar-refractivity contribution in [1.82, 2.24) is 15.2 Å². The van der Waals surface area contributed by atoms with E-state index >= 15 is 0 Å². The number of halogens is 2. The van der Waals surface area contributed by atoms with Gasteiger partial charge in [0, 0.05) is 5.56 Å². The van der Waals surface area contributed by atoms with Crippen molar-refractivity contribution in [3.8, 4) is 11.3 Å². The lowest BCUT2D eigenvalue weighted by molar-refractivity contribution is 0.150. The Bertz CT molecular complexity index is 714. The molecule has 0 aliphatic heterocycles. The number of hydrogen-bond donors (Lipinski definition) is 1. The SMILES string of the molecule is FC(F)c1nnc(NCc2ncoc2-c2ccccc2)s1. The lowest BCUT2D eigenvalue weighted by Crippen LogP contribution is -2.00. The number of rotatable bonds is 5. The number of aromatic nitrogens is 3. The standard InChI is InChI=1S/C13H10F2N4OS/c14-11(15)12-18-19-13(21-12)16-6-9-10(20-7-17-9)8-4-2-1-3-5-8/h1-5,7,11H,6H2,(H,16,19). The second kappa shape index (κ2) is 5.96. The molecule has 0 atom stereocenters. The summed E-state index contributed by atoms with van der Waals surface area (Å²) in [4.78, 5) is 4.13. The summed E-state index contributed by atoms with van der Waals surface area (Å²) < 4.78 is 30.2. The van der Waals surface area contributed by atoms with Gasteiger partial charge in [-0.05, 0) is 0 Å². The molecule has 0 aliphatic carbocycles. The van der Waals surface area contributed by atoms with Crippen molar-refractivity contribution in [2.24, 2.45) is 0 Å². The van der Waals surface area contributed by atoms with Crippen LogP contribution in [0.1, 0.15) is 17.1 Å². The fourth-order valence-corrected chi connectivity index (χ4v) is 2.37. The Kier molecular flexibility index (Phi) is 3.87. The van der Waals surface area contributed by atoms with Crippen LogP contribution < -0.4 is 5.32 Å². The van der Waals surface area contributed by atoms with Gasteiger partial charge in [-0.25, -0.2) is 13.8 Å². The molecule has 0 amide bonds. The fourth-order valence-electron chi connectivity index (χ4n) is 1.77. The molecule has 3 aromatic rings. The van der Waals surface area contributed by atoms with Crippen molar-refractivity contribution in [2.45, 2.75) is 13.0 Å². The van der Waals surface area contributed by atoms with E-state index in [4.69, 9.17) is 4.42 Å². The highest BCUT2D eigenvalue weighted by Gasteiger charge is 2.15. The van der Waals surface area contributed by atoms with E-state index < -0.39 is 6.43 Å². The van der Waals surface area contributed by atoms with Crippen LogP contribution in [-0.4, -0.2) is 15.2 Å². The Balaban J connectivity index is 1.73. The summed E-state index contributed by atoms with van der Waals surface area (Å²) in [5.41, 5.74) is 1.58. The van der Waals surface area contributed by atoms with Crippen LogP contribution >= 0.6 is 11.3 Å². The van der Waals surface area contributed by atoms with Gasteiger partial charge in [0.25, 0.3) is 6.43 Å². The highest BCUT2D eigenvalue weighted by molar-refractivity contribution is 7.15. The molecule has 0 fully saturated rings. The Labute approximate surface area is 122 Å². The van der Waals surface area contributed by atoms with Crippen LogP contribution in [-0.2, 0) is 6.54 Å². The summed E-state index contributed by atoms with van der Waals surface area (Å²) in [7, 11) is 0. The largest absolute Gasteiger partial charge is 0.443 e. The Morgan fingerprint density at radius 3 is 2.71 bits per heavy atom. The monoisotopic (exact) mass is 308 g/mol. The van der Waals surface area contributed by atoms with Gasteiger partial charge in [-0.2, -0.15) is 0 Å². The Morgan fingerprint density at radius 1 is 1.19 bits per heavy atom. The van der Waals surface area contributed by atoms with E-state index in [1.54, 1.807) is 0 Å². The highest BCUT2D eigenvalue weighted by Crippen LogP contribution is 2.27. The van der Waals surface area contributed by atoms with Crippen molar-refractivity contribution < 1.29 is 13.2 Å². The third kappa shape index (κ3) is 3.05. The quantitative estimate of drug-likeness (QED) is 0.778. The van der Waals surface area contributed by atoms with Crippen molar-refractivity contribution in [2.75, 3.05) is 5.32 Å². The zero-order valence-electron chi connectivity index (χ0n) is 10.7. The average molecular weight is 308 g/mol. The Morgan fingerprint density at radius 2 is 2.00 bits per heavy atom. The lowest BCUT2D eigenvalue weighted by Gasteiger charge is -2.02. The third-order valence-electron chi connectivity index (χ3n) is 2.71. The van der Waals surface area contributed by atoms with Gasteiger partial charge in [0.1, 0.15) is 5.69 Å². The maximum atomic E-state index is 12.4. The first-order chi connectivity index (χ1) is 10.2. The number of alkyl halides is 2. The minimum absolute atomic E-state index is 0.305. The summed E-state index contributed by atoms with van der Waals surface area (Å²) >= 11 is 0.823. The topological polar surface area (TPSA) is 63.8 Å². The predicted molar refractivity (Wildman–Crippen MR) is 74.1 cm³/mol. The van der Waals surface area contributed by atoms with E-state index in [9.17, 15) is 8.78 Å². The molecule has 1 aromatic carbocycles. The molecule has 0 aliphatic rings. The van der Waals surface area contributed by atoms with E-state index in [0.29, 0.717) is 23.1 Å². The van der Waals surface area contributed by atoms with Crippen LogP contribution in [0.25, 0.3) is 11.3 Å². The zero-order valence-corrected chi connectivity index (χ0v) is 11.5. The predicted octanol–water partition coefficient (Wildman–Crippen LogP) is 3.74. The number of oxazole rings is 1. The molecule has 2 heterocycles. The summed E-state index contributed by atoms with van der Waals surface area (Å²) in [5.74, 6) is 0.640. The van der Waals surface area contributed by atoms with Crippen LogP contribution in [0, 0.1) is 0 Å². The molecule has 8 heteroatoms. The molecule has 0 bridgehead atoms. The van der Waals surface area contributed by atoms with Crippen LogP contribution in [0.5, 0.6) is 0 Å².